The van der Waals surface area contributed by atoms with E-state index in [4.69, 9.17) is 5.26 Å². The van der Waals surface area contributed by atoms with Crippen molar-refractivity contribution in [2.24, 2.45) is 0 Å². The molecule has 12 heavy (non-hydrogen) atoms. The summed E-state index contributed by atoms with van der Waals surface area (Å²) in [7, 11) is 0. The Morgan fingerprint density at radius 3 is 2.67 bits per heavy atom. The van der Waals surface area contributed by atoms with Gasteiger partial charge in [0.15, 0.2) is 0 Å². The quantitative estimate of drug-likeness (QED) is 0.678. The molecule has 3 nitrogen and oxygen atoms in total. The molecule has 0 atom stereocenters. The lowest BCUT2D eigenvalue weighted by Crippen LogP contribution is -2.12. The van der Waals surface area contributed by atoms with Crippen LogP contribution >= 0.6 is 0 Å². The van der Waals surface area contributed by atoms with E-state index in [0.717, 1.165) is 5.56 Å². The van der Waals surface area contributed by atoms with Gasteiger partial charge in [-0.15, -0.1) is 0 Å². The molecule has 0 radical (unpaired) electrons. The van der Waals surface area contributed by atoms with E-state index in [9.17, 15) is 4.79 Å². The standard InChI is InChI=1S/C9H10N2O/c1-6(2)7-3-4-11-9(12)8(7)5-10/h3-4,6H,1-2H3,(H,11,12). The summed E-state index contributed by atoms with van der Waals surface area (Å²) in [5.41, 5.74) is 0.734. The van der Waals surface area contributed by atoms with E-state index in [1.807, 2.05) is 19.9 Å². The van der Waals surface area contributed by atoms with E-state index >= 15 is 0 Å². The maximum absolute atomic E-state index is 11.1. The van der Waals surface area contributed by atoms with Gasteiger partial charge in [0.25, 0.3) is 5.56 Å². The number of aromatic amines is 1. The Morgan fingerprint density at radius 2 is 2.25 bits per heavy atom. The van der Waals surface area contributed by atoms with Crippen LogP contribution in [-0.2, 0) is 0 Å². The molecule has 1 N–H and O–H groups in total. The topological polar surface area (TPSA) is 56.6 Å². The molecular formula is C9H10N2O. The van der Waals surface area contributed by atoms with Gasteiger partial charge in [0, 0.05) is 6.20 Å². The van der Waals surface area contributed by atoms with Gasteiger partial charge in [0.05, 0.1) is 0 Å². The monoisotopic (exact) mass is 162 g/mol. The van der Waals surface area contributed by atoms with Crippen molar-refractivity contribution < 1.29 is 0 Å². The first-order valence-corrected chi connectivity index (χ1v) is 3.78. The van der Waals surface area contributed by atoms with Crippen LogP contribution in [0.2, 0.25) is 0 Å². The average Bonchev–Trinajstić information content (AvgIpc) is 2.03. The van der Waals surface area contributed by atoms with Crippen molar-refractivity contribution in [3.05, 3.63) is 33.7 Å². The third kappa shape index (κ3) is 1.37. The number of hydrogen-bond acceptors (Lipinski definition) is 2. The zero-order valence-electron chi connectivity index (χ0n) is 7.09. The molecule has 0 fully saturated rings. The van der Waals surface area contributed by atoms with Crippen LogP contribution in [0.25, 0.3) is 0 Å². The number of nitrogens with zero attached hydrogens (tertiary/aromatic N) is 1. The minimum absolute atomic E-state index is 0.210. The predicted octanol–water partition coefficient (Wildman–Crippen LogP) is 1.37. The van der Waals surface area contributed by atoms with Crippen molar-refractivity contribution in [1.82, 2.24) is 4.98 Å². The zero-order valence-corrected chi connectivity index (χ0v) is 7.09. The first-order valence-electron chi connectivity index (χ1n) is 3.78. The summed E-state index contributed by atoms with van der Waals surface area (Å²) in [5.74, 6) is 0.210. The van der Waals surface area contributed by atoms with Gasteiger partial charge in [-0.25, -0.2) is 0 Å². The largest absolute Gasteiger partial charge is 0.328 e. The normalized spacial score (nSPS) is 9.83. The highest BCUT2D eigenvalue weighted by Crippen LogP contribution is 2.14. The van der Waals surface area contributed by atoms with Gasteiger partial charge in [-0.05, 0) is 17.5 Å². The van der Waals surface area contributed by atoms with Crippen LogP contribution in [0.4, 0.5) is 0 Å². The highest BCUT2D eigenvalue weighted by atomic mass is 16.1. The predicted molar refractivity (Wildman–Crippen MR) is 45.9 cm³/mol. The van der Waals surface area contributed by atoms with Crippen LogP contribution < -0.4 is 5.56 Å². The summed E-state index contributed by atoms with van der Waals surface area (Å²) >= 11 is 0. The number of nitrogens with one attached hydrogen (secondary N) is 1. The lowest BCUT2D eigenvalue weighted by atomic mass is 10.0. The number of pyridine rings is 1. The van der Waals surface area contributed by atoms with Gasteiger partial charge < -0.3 is 4.98 Å². The smallest absolute Gasteiger partial charge is 0.266 e. The van der Waals surface area contributed by atoms with E-state index in [2.05, 4.69) is 4.98 Å². The Balaban J connectivity index is 3.41. The minimum atomic E-state index is -0.302. The van der Waals surface area contributed by atoms with E-state index < -0.39 is 0 Å². The first-order chi connectivity index (χ1) is 5.66. The first kappa shape index (κ1) is 8.54. The third-order valence-corrected chi connectivity index (χ3v) is 1.73. The number of rotatable bonds is 1. The summed E-state index contributed by atoms with van der Waals surface area (Å²) in [6.45, 7) is 3.91. The second-order valence-corrected chi connectivity index (χ2v) is 2.90. The Kier molecular flexibility index (Phi) is 2.29. The molecule has 0 aliphatic rings. The van der Waals surface area contributed by atoms with Gasteiger partial charge in [-0.1, -0.05) is 13.8 Å². The summed E-state index contributed by atoms with van der Waals surface area (Å²) in [5, 5.41) is 8.68. The van der Waals surface area contributed by atoms with Gasteiger partial charge in [-0.2, -0.15) is 5.26 Å². The second-order valence-electron chi connectivity index (χ2n) is 2.90. The highest BCUT2D eigenvalue weighted by molar-refractivity contribution is 5.36. The molecule has 0 saturated carbocycles. The molecule has 62 valence electrons. The number of hydrogen-bond donors (Lipinski definition) is 1. The highest BCUT2D eigenvalue weighted by Gasteiger charge is 2.08. The van der Waals surface area contributed by atoms with Gasteiger partial charge in [0.2, 0.25) is 0 Å². The van der Waals surface area contributed by atoms with Gasteiger partial charge in [0.1, 0.15) is 11.6 Å². The molecule has 1 aromatic rings. The zero-order chi connectivity index (χ0) is 9.14. The molecule has 0 aliphatic heterocycles. The van der Waals surface area contributed by atoms with Crippen molar-refractivity contribution in [1.29, 1.82) is 5.26 Å². The Bertz CT molecular complexity index is 371. The molecule has 1 aromatic heterocycles. The molecule has 1 heterocycles. The van der Waals surface area contributed by atoms with Crippen molar-refractivity contribution in [2.75, 3.05) is 0 Å². The van der Waals surface area contributed by atoms with Crippen molar-refractivity contribution >= 4 is 0 Å². The third-order valence-electron chi connectivity index (χ3n) is 1.73. The van der Waals surface area contributed by atoms with Crippen LogP contribution in [0.1, 0.15) is 30.9 Å². The van der Waals surface area contributed by atoms with E-state index in [1.54, 1.807) is 12.3 Å². The lowest BCUT2D eigenvalue weighted by molar-refractivity contribution is 0.854. The van der Waals surface area contributed by atoms with Gasteiger partial charge in [-0.3, -0.25) is 4.79 Å². The van der Waals surface area contributed by atoms with Crippen molar-refractivity contribution in [2.45, 2.75) is 19.8 Å². The molecule has 3 heteroatoms. The average molecular weight is 162 g/mol. The minimum Gasteiger partial charge on any atom is -0.328 e. The maximum atomic E-state index is 11.1. The number of nitriles is 1. The van der Waals surface area contributed by atoms with E-state index in [1.165, 1.54) is 0 Å². The summed E-state index contributed by atoms with van der Waals surface area (Å²) < 4.78 is 0. The second kappa shape index (κ2) is 3.22. The fourth-order valence-electron chi connectivity index (χ4n) is 1.09. The van der Waals surface area contributed by atoms with Crippen LogP contribution in [0, 0.1) is 11.3 Å². The molecule has 0 bridgehead atoms. The molecule has 0 aliphatic carbocycles. The number of H-pyrrole nitrogens is 1. The van der Waals surface area contributed by atoms with Crippen LogP contribution in [-0.4, -0.2) is 4.98 Å². The van der Waals surface area contributed by atoms with Crippen LogP contribution in [0.3, 0.4) is 0 Å². The van der Waals surface area contributed by atoms with Crippen LogP contribution in [0.15, 0.2) is 17.1 Å². The fourth-order valence-corrected chi connectivity index (χ4v) is 1.09. The molecule has 0 aromatic carbocycles. The number of aromatic nitrogens is 1. The maximum Gasteiger partial charge on any atom is 0.266 e. The van der Waals surface area contributed by atoms with Crippen molar-refractivity contribution in [3.63, 3.8) is 0 Å². The molecule has 0 saturated heterocycles. The molecule has 0 amide bonds. The van der Waals surface area contributed by atoms with Gasteiger partial charge >= 0.3 is 0 Å². The van der Waals surface area contributed by atoms with Crippen LogP contribution in [0.5, 0.6) is 0 Å². The summed E-state index contributed by atoms with van der Waals surface area (Å²) in [4.78, 5) is 13.6. The molecular weight excluding hydrogens is 152 g/mol. The molecule has 0 unspecified atom stereocenters. The van der Waals surface area contributed by atoms with Crippen molar-refractivity contribution in [3.8, 4) is 6.07 Å². The van der Waals surface area contributed by atoms with E-state index in [-0.39, 0.29) is 17.0 Å². The Morgan fingerprint density at radius 1 is 1.58 bits per heavy atom. The summed E-state index contributed by atoms with van der Waals surface area (Å²) in [6, 6.07) is 3.67. The SMILES string of the molecule is CC(C)c1cc[nH]c(=O)c1C#N. The Labute approximate surface area is 70.7 Å². The van der Waals surface area contributed by atoms with E-state index in [0.29, 0.717) is 0 Å². The molecule has 1 rings (SSSR count). The molecule has 0 spiro atoms. The Hall–Kier alpha value is -1.56. The fraction of sp³-hybridized carbons (Fsp3) is 0.333. The summed E-state index contributed by atoms with van der Waals surface area (Å²) in [6.07, 6.45) is 1.57. The lowest BCUT2D eigenvalue weighted by Gasteiger charge is -2.04.